The Balaban J connectivity index is 1.32. The van der Waals surface area contributed by atoms with E-state index in [9.17, 15) is 22.8 Å². The lowest BCUT2D eigenvalue weighted by atomic mass is 10.1. The first-order valence-corrected chi connectivity index (χ1v) is 14.4. The second-order valence-corrected chi connectivity index (χ2v) is 12.3. The molecule has 8 nitrogen and oxygen atoms in total. The molecule has 4 heterocycles. The van der Waals surface area contributed by atoms with Crippen LogP contribution >= 0.6 is 11.8 Å². The number of ether oxygens (including phenoxy) is 1. The molecule has 2 amide bonds. The van der Waals surface area contributed by atoms with Crippen LogP contribution in [0.3, 0.4) is 0 Å². The number of pyridine rings is 1. The topological polar surface area (TPSA) is 69.2 Å². The van der Waals surface area contributed by atoms with E-state index in [4.69, 9.17) is 4.74 Å². The van der Waals surface area contributed by atoms with Gasteiger partial charge in [-0.3, -0.25) is 14.6 Å². The Hall–Kier alpha value is -2.73. The summed E-state index contributed by atoms with van der Waals surface area (Å²) in [5.74, 6) is 1.46. The SMILES string of the molecule is CC(C)(C)OC(=O)N1C[C@@H](N2CCN(c3cc(C(F)(F)F)nc4ccccc34)CC2)C[C@H]1C(=O)N1CCSC1. The van der Waals surface area contributed by atoms with Crippen molar-refractivity contribution < 1.29 is 27.5 Å². The van der Waals surface area contributed by atoms with Crippen LogP contribution in [-0.4, -0.2) is 100 Å². The van der Waals surface area contributed by atoms with Crippen molar-refractivity contribution >= 4 is 40.4 Å². The van der Waals surface area contributed by atoms with Crippen LogP contribution in [0.5, 0.6) is 0 Å². The fourth-order valence-electron chi connectivity index (χ4n) is 5.53. The van der Waals surface area contributed by atoms with E-state index < -0.39 is 29.6 Å². The number of rotatable bonds is 3. The van der Waals surface area contributed by atoms with Crippen molar-refractivity contribution in [3.05, 3.63) is 36.0 Å². The Morgan fingerprint density at radius 2 is 1.77 bits per heavy atom. The Bertz CT molecular complexity index is 1220. The lowest BCUT2D eigenvalue weighted by molar-refractivity contribution is -0.141. The van der Waals surface area contributed by atoms with Crippen molar-refractivity contribution in [1.29, 1.82) is 0 Å². The third kappa shape index (κ3) is 6.06. The number of thioether (sulfide) groups is 1. The first-order valence-electron chi connectivity index (χ1n) is 13.2. The van der Waals surface area contributed by atoms with Gasteiger partial charge in [0.25, 0.3) is 0 Å². The van der Waals surface area contributed by atoms with Crippen LogP contribution in [-0.2, 0) is 15.7 Å². The van der Waals surface area contributed by atoms with Crippen LogP contribution in [0, 0.1) is 0 Å². The number of carbonyl (C=O) groups excluding carboxylic acids is 2. The molecule has 2 atom stereocenters. The van der Waals surface area contributed by atoms with Crippen LogP contribution in [0.2, 0.25) is 0 Å². The number of carbonyl (C=O) groups is 2. The lowest BCUT2D eigenvalue weighted by Crippen LogP contribution is -2.51. The van der Waals surface area contributed by atoms with E-state index in [1.807, 2.05) is 4.90 Å². The van der Waals surface area contributed by atoms with Crippen LogP contribution in [0.4, 0.5) is 23.7 Å². The van der Waals surface area contributed by atoms with Crippen molar-refractivity contribution in [2.45, 2.75) is 51.1 Å². The molecule has 0 saturated carbocycles. The molecule has 0 spiro atoms. The van der Waals surface area contributed by atoms with Gasteiger partial charge in [-0.05, 0) is 39.3 Å². The number of hydrogen-bond donors (Lipinski definition) is 0. The highest BCUT2D eigenvalue weighted by Gasteiger charge is 2.45. The number of para-hydroxylation sites is 1. The summed E-state index contributed by atoms with van der Waals surface area (Å²) in [6.45, 7) is 8.71. The zero-order chi connectivity index (χ0) is 27.9. The maximum Gasteiger partial charge on any atom is 0.433 e. The molecule has 0 unspecified atom stereocenters. The number of piperazine rings is 1. The first kappa shape index (κ1) is 27.8. The molecule has 3 aliphatic heterocycles. The quantitative estimate of drug-likeness (QED) is 0.550. The Kier molecular flexibility index (Phi) is 7.62. The molecule has 0 N–H and O–H groups in total. The van der Waals surface area contributed by atoms with E-state index in [1.165, 1.54) is 0 Å². The molecule has 3 aliphatic rings. The number of fused-ring (bicyclic) bond motifs is 1. The zero-order valence-electron chi connectivity index (χ0n) is 22.4. The minimum atomic E-state index is -4.54. The van der Waals surface area contributed by atoms with E-state index in [0.717, 1.165) is 11.8 Å². The van der Waals surface area contributed by atoms with Gasteiger partial charge in [0, 0.05) is 62.1 Å². The number of nitrogens with zero attached hydrogens (tertiary/aromatic N) is 5. The number of halogens is 3. The van der Waals surface area contributed by atoms with Gasteiger partial charge in [-0.2, -0.15) is 13.2 Å². The van der Waals surface area contributed by atoms with E-state index in [2.05, 4.69) is 9.88 Å². The second kappa shape index (κ2) is 10.7. The summed E-state index contributed by atoms with van der Waals surface area (Å²) in [6.07, 6.45) is -4.52. The number of likely N-dealkylation sites (tertiary alicyclic amines) is 1. The highest BCUT2D eigenvalue weighted by Crippen LogP contribution is 2.36. The highest BCUT2D eigenvalue weighted by molar-refractivity contribution is 7.99. The minimum Gasteiger partial charge on any atom is -0.444 e. The fourth-order valence-corrected chi connectivity index (χ4v) is 6.48. The van der Waals surface area contributed by atoms with Gasteiger partial charge in [-0.15, -0.1) is 11.8 Å². The van der Waals surface area contributed by atoms with Crippen molar-refractivity contribution in [2.75, 3.05) is 55.8 Å². The summed E-state index contributed by atoms with van der Waals surface area (Å²) in [6, 6.07) is 7.41. The van der Waals surface area contributed by atoms with Crippen LogP contribution in [0.1, 0.15) is 32.9 Å². The van der Waals surface area contributed by atoms with Crippen LogP contribution < -0.4 is 4.90 Å². The molecule has 212 valence electrons. The normalized spacial score (nSPS) is 23.1. The number of benzene rings is 1. The predicted octanol–water partition coefficient (Wildman–Crippen LogP) is 4.29. The average Bonchev–Trinajstić information content (AvgIpc) is 3.57. The minimum absolute atomic E-state index is 0.0382. The molecule has 5 rings (SSSR count). The van der Waals surface area contributed by atoms with Gasteiger partial charge in [-0.1, -0.05) is 18.2 Å². The molecule has 1 aromatic carbocycles. The van der Waals surface area contributed by atoms with Crippen LogP contribution in [0.25, 0.3) is 10.9 Å². The highest BCUT2D eigenvalue weighted by atomic mass is 32.2. The number of anilines is 1. The smallest absolute Gasteiger partial charge is 0.433 e. The van der Waals surface area contributed by atoms with Crippen molar-refractivity contribution in [3.8, 4) is 0 Å². The molecule has 0 aliphatic carbocycles. The first-order chi connectivity index (χ1) is 18.4. The molecular formula is C27H34F3N5O3S. The van der Waals surface area contributed by atoms with E-state index in [-0.39, 0.29) is 11.9 Å². The standard InChI is InChI=1S/C27H34F3N5O3S/c1-26(2,3)38-25(37)35-16-18(14-22(35)24(36)34-12-13-39-17-34)32-8-10-33(11-9-32)21-15-23(27(28,29)30)31-20-7-5-4-6-19(20)21/h4-7,15,18,22H,8-14,16-17H2,1-3H3/t18-,22-/m0/s1. The third-order valence-corrected chi connectivity index (χ3v) is 8.38. The number of aromatic nitrogens is 1. The molecule has 2 aromatic rings. The summed E-state index contributed by atoms with van der Waals surface area (Å²) in [5.41, 5.74) is -0.742. The molecule has 3 fully saturated rings. The maximum absolute atomic E-state index is 13.6. The van der Waals surface area contributed by atoms with E-state index >= 15 is 0 Å². The third-order valence-electron chi connectivity index (χ3n) is 7.41. The van der Waals surface area contributed by atoms with Gasteiger partial charge >= 0.3 is 12.3 Å². The van der Waals surface area contributed by atoms with Gasteiger partial charge in [0.2, 0.25) is 5.91 Å². The summed E-state index contributed by atoms with van der Waals surface area (Å²) in [7, 11) is 0. The molecule has 3 saturated heterocycles. The largest absolute Gasteiger partial charge is 0.444 e. The second-order valence-electron chi connectivity index (χ2n) is 11.2. The Morgan fingerprint density at radius 3 is 2.41 bits per heavy atom. The van der Waals surface area contributed by atoms with Crippen LogP contribution in [0.15, 0.2) is 30.3 Å². The lowest BCUT2D eigenvalue weighted by Gasteiger charge is -2.39. The summed E-state index contributed by atoms with van der Waals surface area (Å²) >= 11 is 1.70. The molecule has 12 heteroatoms. The molecule has 39 heavy (non-hydrogen) atoms. The number of hydrogen-bond acceptors (Lipinski definition) is 7. The van der Waals surface area contributed by atoms with Gasteiger partial charge < -0.3 is 14.5 Å². The summed E-state index contributed by atoms with van der Waals surface area (Å²) in [4.78, 5) is 37.9. The maximum atomic E-state index is 13.6. The monoisotopic (exact) mass is 565 g/mol. The molecule has 0 bridgehead atoms. The van der Waals surface area contributed by atoms with Crippen molar-refractivity contribution in [3.63, 3.8) is 0 Å². The van der Waals surface area contributed by atoms with Gasteiger partial charge in [0.1, 0.15) is 17.3 Å². The number of alkyl halides is 3. The Morgan fingerprint density at radius 1 is 1.05 bits per heavy atom. The van der Waals surface area contributed by atoms with Gasteiger partial charge in [-0.25, -0.2) is 9.78 Å². The number of amides is 2. The Labute approximate surface area is 230 Å². The van der Waals surface area contributed by atoms with Crippen molar-refractivity contribution in [1.82, 2.24) is 19.7 Å². The van der Waals surface area contributed by atoms with E-state index in [0.29, 0.717) is 68.2 Å². The van der Waals surface area contributed by atoms with Gasteiger partial charge in [0.05, 0.1) is 11.4 Å². The molecule has 0 radical (unpaired) electrons. The van der Waals surface area contributed by atoms with Crippen molar-refractivity contribution in [2.24, 2.45) is 0 Å². The predicted molar refractivity (Wildman–Crippen MR) is 145 cm³/mol. The molecule has 1 aromatic heterocycles. The average molecular weight is 566 g/mol. The summed E-state index contributed by atoms with van der Waals surface area (Å²) < 4.78 is 46.4. The fraction of sp³-hybridized carbons (Fsp3) is 0.593. The van der Waals surface area contributed by atoms with Gasteiger partial charge in [0.15, 0.2) is 0 Å². The zero-order valence-corrected chi connectivity index (χ0v) is 23.2. The molecular weight excluding hydrogens is 531 g/mol. The van der Waals surface area contributed by atoms with E-state index in [1.54, 1.807) is 66.6 Å². The summed E-state index contributed by atoms with van der Waals surface area (Å²) in [5, 5.41) is 0.685.